The summed E-state index contributed by atoms with van der Waals surface area (Å²) in [5.41, 5.74) is 4.67. The van der Waals surface area contributed by atoms with Gasteiger partial charge in [0.15, 0.2) is 0 Å². The molecule has 37 heteroatoms. The molecule has 0 amide bonds. The molecule has 9 rings (SSSR count). The molecule has 0 N–H and O–H groups in total. The Morgan fingerprint density at radius 1 is 0.313 bits per heavy atom. The summed E-state index contributed by atoms with van der Waals surface area (Å²) < 4.78 is 131. The van der Waals surface area contributed by atoms with Crippen molar-refractivity contribution >= 4 is 95.0 Å². The first-order valence-corrected chi connectivity index (χ1v) is 61.6. The van der Waals surface area contributed by atoms with Crippen molar-refractivity contribution in [2.75, 3.05) is 158 Å². The van der Waals surface area contributed by atoms with Gasteiger partial charge in [-0.3, -0.25) is 15.0 Å². The van der Waals surface area contributed by atoms with Gasteiger partial charge in [-0.15, -0.1) is 0 Å². The van der Waals surface area contributed by atoms with Crippen LogP contribution in [0.5, 0.6) is 0 Å². The fourth-order valence-corrected chi connectivity index (χ4v) is 32.6. The normalized spacial score (nSPS) is 12.5. The summed E-state index contributed by atoms with van der Waals surface area (Å²) in [6.07, 6.45) is 26.0. The first-order chi connectivity index (χ1) is 63.7. The predicted octanol–water partition coefficient (Wildman–Crippen LogP) is 18.5. The first-order valence-electron chi connectivity index (χ1n) is 48.3. The van der Waals surface area contributed by atoms with Crippen LogP contribution in [0.1, 0.15) is 176 Å². The SMILES string of the molecule is CCO[Si](CCCN1C=NCC1)(OCC)OCC.CCO[Si](CCCn1cccc1)(OCC)OCC.CCO[Si](CCCn1ccnc1)(OCC)OCC.CCO[Si](CCc1ccccn1)(OCC)OCC.CCO[Si](CCc1cccnc1)(OCC)OCC.CCO[Si](CCn1ccc2ccccc21)(OCC)OCC.CCO[Si](OCC)(OCC)c1ccc2c(ccn2C)c1. The number of imidazole rings is 1. The molecule has 6 aromatic heterocycles. The minimum absolute atomic E-state index is 0.582. The van der Waals surface area contributed by atoms with Gasteiger partial charge >= 0.3 is 61.6 Å². The second-order valence-corrected chi connectivity index (χ2v) is 48.0. The summed E-state index contributed by atoms with van der Waals surface area (Å²) in [5, 5.41) is 3.47. The summed E-state index contributed by atoms with van der Waals surface area (Å²) in [5.74, 6) is 0. The molecule has 1 aliphatic rings. The Kier molecular flexibility index (Phi) is 65.6. The molecule has 8 aromatic rings. The molecule has 0 saturated heterocycles. The van der Waals surface area contributed by atoms with Gasteiger partial charge in [0, 0.05) is 292 Å². The van der Waals surface area contributed by atoms with E-state index in [4.69, 9.17) is 92.9 Å². The van der Waals surface area contributed by atoms with Crippen LogP contribution in [0, 0.1) is 0 Å². The molecule has 0 aliphatic carbocycles. The standard InChI is InChI=1S/C16H25NO3Si.C15H23NO3Si.C13H23NO3Si.C13H25NO3Si.C13H23NO3Si.C12H26N2O3Si.C12H24N2O3Si/c1-4-18-21(19-5-2,20-6-3)14-13-17-12-11-15-9-7-8-10-16(15)17;1-5-17-20(18-6-2,19-7-3)14-8-9-15-13(12-14)10-11-16(15)4;1-4-15-18(16-5-2,17-6-3)11-9-13-8-7-10-14-12-13;1-4-15-18(16-5-2,17-6-3)13-9-12-14-10-7-8-11-14;1-4-15-18(16-5-2,17-6-3)12-10-13-9-7-8-11-14-13;2*1-4-15-18(16-5-2,17-6-3)11-7-9-14-10-8-13-12-14/h7-12H,4-6,13-14H2,1-3H3;8-12H,5-7H2,1-4H3;7-8,10,12H,4-6,9,11H2,1-3H3;7-8,10-11H,4-6,9,12-13H2,1-3H3;7-9,11H,4-6,10,12H2,1-3H3;12H,4-11H2,1-3H3;8,10,12H,4-7,9,11H2,1-3H3. The number of benzene rings is 2. The third kappa shape index (κ3) is 45.5. The van der Waals surface area contributed by atoms with Crippen molar-refractivity contribution in [3.8, 4) is 0 Å². The second-order valence-electron chi connectivity index (χ2n) is 29.0. The Morgan fingerprint density at radius 2 is 0.725 bits per heavy atom. The molecular weight excluding hydrogens is 1790 g/mol. The van der Waals surface area contributed by atoms with Crippen LogP contribution in [0.4, 0.5) is 0 Å². The predicted molar refractivity (Wildman–Crippen MR) is 539 cm³/mol. The summed E-state index contributed by atoms with van der Waals surface area (Å²) in [4.78, 5) is 18.9. The zero-order valence-electron chi connectivity index (χ0n) is 84.1. The highest BCUT2D eigenvalue weighted by Gasteiger charge is 2.46. The Morgan fingerprint density at radius 3 is 1.13 bits per heavy atom. The van der Waals surface area contributed by atoms with Crippen LogP contribution in [0.15, 0.2) is 164 Å². The zero-order chi connectivity index (χ0) is 96.1. The van der Waals surface area contributed by atoms with Crippen LogP contribution in [0.3, 0.4) is 0 Å². The molecule has 7 heterocycles. The largest absolute Gasteiger partial charge is 0.537 e. The molecule has 0 saturated carbocycles. The van der Waals surface area contributed by atoms with Gasteiger partial charge in [0.2, 0.25) is 0 Å². The average molecular weight is 1960 g/mol. The van der Waals surface area contributed by atoms with Crippen molar-refractivity contribution in [2.24, 2.45) is 12.0 Å². The molecule has 0 unspecified atom stereocenters. The molecule has 2 aromatic carbocycles. The third-order valence-corrected chi connectivity index (χ3v) is 41.3. The number of aromatic nitrogens is 7. The molecule has 0 atom stereocenters. The van der Waals surface area contributed by atoms with Gasteiger partial charge in [0.05, 0.1) is 19.2 Å². The quantitative estimate of drug-likeness (QED) is 0.0320. The fraction of sp³-hybridized carbons (Fsp3) is 0.638. The van der Waals surface area contributed by atoms with Crippen molar-refractivity contribution in [2.45, 2.75) is 233 Å². The van der Waals surface area contributed by atoms with Crippen molar-refractivity contribution in [3.05, 3.63) is 170 Å². The zero-order valence-corrected chi connectivity index (χ0v) is 91.1. The Bertz CT molecular complexity index is 3780. The summed E-state index contributed by atoms with van der Waals surface area (Å²) in [7, 11) is -15.7. The van der Waals surface area contributed by atoms with Gasteiger partial charge in [-0.05, 0) is 255 Å². The van der Waals surface area contributed by atoms with E-state index in [9.17, 15) is 0 Å². The van der Waals surface area contributed by atoms with Gasteiger partial charge in [0.1, 0.15) is 0 Å². The maximum atomic E-state index is 5.94. The maximum Gasteiger partial charge on any atom is 0.537 e. The van der Waals surface area contributed by atoms with E-state index in [-0.39, 0.29) is 0 Å². The van der Waals surface area contributed by atoms with Crippen molar-refractivity contribution in [3.63, 3.8) is 0 Å². The lowest BCUT2D eigenvalue weighted by Gasteiger charge is -2.29. The number of aryl methyl sites for hydroxylation is 6. The van der Waals surface area contributed by atoms with E-state index in [0.717, 1.165) is 119 Å². The van der Waals surface area contributed by atoms with E-state index in [0.29, 0.717) is 139 Å². The van der Waals surface area contributed by atoms with Crippen molar-refractivity contribution in [1.29, 1.82) is 0 Å². The van der Waals surface area contributed by atoms with Crippen LogP contribution in [-0.2, 0) is 132 Å². The molecule has 0 fully saturated rings. The minimum Gasteiger partial charge on any atom is -0.374 e. The molecule has 0 spiro atoms. The van der Waals surface area contributed by atoms with E-state index < -0.39 is 61.6 Å². The Labute approximate surface area is 795 Å². The van der Waals surface area contributed by atoms with E-state index in [2.05, 4.69) is 129 Å². The number of hydrogen-bond acceptors (Lipinski definition) is 26. The van der Waals surface area contributed by atoms with E-state index in [1.165, 1.54) is 27.4 Å². The van der Waals surface area contributed by atoms with Crippen molar-refractivity contribution < 1.29 is 92.9 Å². The molecular formula is C94H169N9O21Si7. The van der Waals surface area contributed by atoms with Gasteiger partial charge in [-0.25, -0.2) is 4.98 Å². The monoisotopic (exact) mass is 1960 g/mol. The fourth-order valence-electron chi connectivity index (χ4n) is 14.7. The summed E-state index contributed by atoms with van der Waals surface area (Å²) >= 11 is 0. The molecule has 30 nitrogen and oxygen atoms in total. The highest BCUT2D eigenvalue weighted by atomic mass is 28.4. The van der Waals surface area contributed by atoms with Crippen molar-refractivity contribution in [1.82, 2.24) is 38.1 Å². The van der Waals surface area contributed by atoms with E-state index in [1.807, 2.05) is 214 Å². The van der Waals surface area contributed by atoms with Crippen LogP contribution in [0.25, 0.3) is 21.8 Å². The minimum atomic E-state index is -2.79. The van der Waals surface area contributed by atoms with Crippen LogP contribution in [-0.4, -0.2) is 264 Å². The molecule has 744 valence electrons. The first kappa shape index (κ1) is 120. The Balaban J connectivity index is 0.000000394. The Hall–Kier alpha value is -5.54. The van der Waals surface area contributed by atoms with E-state index in [1.54, 1.807) is 18.6 Å². The lowest BCUT2D eigenvalue weighted by atomic mass is 10.2. The number of hydrogen-bond donors (Lipinski definition) is 0. The molecule has 131 heavy (non-hydrogen) atoms. The number of pyridine rings is 2. The molecule has 1 aliphatic heterocycles. The number of para-hydroxylation sites is 1. The summed E-state index contributed by atoms with van der Waals surface area (Å²) in [6, 6.07) is 37.9. The highest BCUT2D eigenvalue weighted by molar-refractivity contribution is 6.75. The number of fused-ring (bicyclic) bond motifs is 2. The van der Waals surface area contributed by atoms with Gasteiger partial charge in [0.25, 0.3) is 0 Å². The lowest BCUT2D eigenvalue weighted by Crippen LogP contribution is -2.56. The van der Waals surface area contributed by atoms with Crippen LogP contribution >= 0.6 is 0 Å². The molecule has 0 bridgehead atoms. The maximum absolute atomic E-state index is 5.94. The van der Waals surface area contributed by atoms with Gasteiger partial charge in [-0.2, -0.15) is 0 Å². The van der Waals surface area contributed by atoms with Crippen LogP contribution in [0.2, 0.25) is 36.3 Å². The van der Waals surface area contributed by atoms with E-state index >= 15 is 0 Å². The number of nitrogens with zero attached hydrogens (tertiary/aromatic N) is 9. The molecule has 0 radical (unpaired) electrons. The third-order valence-electron chi connectivity index (χ3n) is 19.7. The number of rotatable bonds is 64. The summed E-state index contributed by atoms with van der Waals surface area (Å²) in [6.45, 7) is 60.5. The van der Waals surface area contributed by atoms with Gasteiger partial charge in [-0.1, -0.05) is 36.4 Å². The average Bonchev–Trinajstić information content (AvgIpc) is 1.76. The number of aliphatic imine (C=N–C) groups is 1. The lowest BCUT2D eigenvalue weighted by molar-refractivity contribution is 0.0695. The smallest absolute Gasteiger partial charge is 0.374 e. The highest BCUT2D eigenvalue weighted by Crippen LogP contribution is 2.27. The van der Waals surface area contributed by atoms with Crippen LogP contribution < -0.4 is 5.19 Å². The van der Waals surface area contributed by atoms with Gasteiger partial charge < -0.3 is 116 Å². The second kappa shape index (κ2) is 71.9. The topological polar surface area (TPSA) is 268 Å².